The van der Waals surface area contributed by atoms with Crippen LogP contribution >= 0.6 is 0 Å². The average molecular weight is 357 g/mol. The summed E-state index contributed by atoms with van der Waals surface area (Å²) in [5, 5.41) is 14.9. The number of imide groups is 1. The SMILES string of the molecule is O=C1NCCN1C(=O)N1CCC(Oc2ccc(-n3cccn3)nn2)CC1. The molecule has 26 heavy (non-hydrogen) atoms. The predicted octanol–water partition coefficient (Wildman–Crippen LogP) is 0.651. The van der Waals surface area contributed by atoms with Crippen molar-refractivity contribution in [3.05, 3.63) is 30.6 Å². The number of carbonyl (C=O) groups is 2. The molecule has 1 N–H and O–H groups in total. The minimum absolute atomic E-state index is 0.0312. The van der Waals surface area contributed by atoms with Gasteiger partial charge in [-0.3, -0.25) is 0 Å². The lowest BCUT2D eigenvalue weighted by molar-refractivity contribution is 0.0974. The van der Waals surface area contributed by atoms with E-state index in [1.165, 1.54) is 4.90 Å². The molecule has 2 aromatic rings. The number of nitrogens with one attached hydrogen (secondary N) is 1. The Balaban J connectivity index is 1.30. The molecule has 2 aliphatic heterocycles. The first-order valence-corrected chi connectivity index (χ1v) is 8.55. The minimum Gasteiger partial charge on any atom is -0.473 e. The molecule has 0 aliphatic carbocycles. The van der Waals surface area contributed by atoms with Crippen LogP contribution < -0.4 is 10.1 Å². The monoisotopic (exact) mass is 357 g/mol. The number of carbonyl (C=O) groups excluding carboxylic acids is 2. The molecule has 0 unspecified atom stereocenters. The van der Waals surface area contributed by atoms with E-state index in [0.29, 0.717) is 50.7 Å². The van der Waals surface area contributed by atoms with Crippen LogP contribution in [0.4, 0.5) is 9.59 Å². The summed E-state index contributed by atoms with van der Waals surface area (Å²) in [6.07, 6.45) is 4.80. The molecular weight excluding hydrogens is 338 g/mol. The molecule has 2 saturated heterocycles. The summed E-state index contributed by atoms with van der Waals surface area (Å²) >= 11 is 0. The van der Waals surface area contributed by atoms with Crippen molar-refractivity contribution in [2.24, 2.45) is 0 Å². The maximum absolute atomic E-state index is 12.3. The van der Waals surface area contributed by atoms with E-state index in [0.717, 1.165) is 0 Å². The highest BCUT2D eigenvalue weighted by molar-refractivity contribution is 5.94. The van der Waals surface area contributed by atoms with Gasteiger partial charge in [-0.2, -0.15) is 5.10 Å². The highest BCUT2D eigenvalue weighted by Crippen LogP contribution is 2.19. The summed E-state index contributed by atoms with van der Waals surface area (Å²) in [5.41, 5.74) is 0. The number of ether oxygens (including phenoxy) is 1. The summed E-state index contributed by atoms with van der Waals surface area (Å²) in [7, 11) is 0. The largest absolute Gasteiger partial charge is 0.473 e. The third kappa shape index (κ3) is 3.30. The number of nitrogens with zero attached hydrogens (tertiary/aromatic N) is 6. The van der Waals surface area contributed by atoms with Gasteiger partial charge in [0.15, 0.2) is 5.82 Å². The maximum Gasteiger partial charge on any atom is 0.328 e. The lowest BCUT2D eigenvalue weighted by Crippen LogP contribution is -2.49. The Morgan fingerprint density at radius 2 is 2.04 bits per heavy atom. The number of likely N-dealkylation sites (tertiary alicyclic amines) is 1. The third-order valence-corrected chi connectivity index (χ3v) is 4.45. The molecule has 0 bridgehead atoms. The van der Waals surface area contributed by atoms with Crippen LogP contribution in [0.2, 0.25) is 0 Å². The molecule has 2 aromatic heterocycles. The first-order valence-electron chi connectivity index (χ1n) is 8.55. The van der Waals surface area contributed by atoms with Crippen LogP contribution in [-0.2, 0) is 0 Å². The van der Waals surface area contributed by atoms with Crippen LogP contribution in [0.3, 0.4) is 0 Å². The summed E-state index contributed by atoms with van der Waals surface area (Å²) < 4.78 is 7.49. The normalized spacial score (nSPS) is 18.1. The predicted molar refractivity (Wildman–Crippen MR) is 89.9 cm³/mol. The van der Waals surface area contributed by atoms with Crippen molar-refractivity contribution in [2.75, 3.05) is 26.2 Å². The number of rotatable bonds is 3. The van der Waals surface area contributed by atoms with Crippen molar-refractivity contribution in [2.45, 2.75) is 18.9 Å². The van der Waals surface area contributed by atoms with Crippen LogP contribution in [0.1, 0.15) is 12.8 Å². The van der Waals surface area contributed by atoms with Crippen molar-refractivity contribution < 1.29 is 14.3 Å². The number of aromatic nitrogens is 4. The van der Waals surface area contributed by atoms with Crippen LogP contribution in [0.5, 0.6) is 5.88 Å². The van der Waals surface area contributed by atoms with Gasteiger partial charge in [-0.15, -0.1) is 10.2 Å². The molecule has 2 aliphatic rings. The highest BCUT2D eigenvalue weighted by atomic mass is 16.5. The Bertz CT molecular complexity index is 770. The van der Waals surface area contributed by atoms with E-state index in [2.05, 4.69) is 20.6 Å². The fourth-order valence-electron chi connectivity index (χ4n) is 3.06. The van der Waals surface area contributed by atoms with Gasteiger partial charge in [0.1, 0.15) is 6.10 Å². The van der Waals surface area contributed by atoms with E-state index in [1.54, 1.807) is 34.1 Å². The van der Waals surface area contributed by atoms with Crippen molar-refractivity contribution in [1.82, 2.24) is 35.1 Å². The van der Waals surface area contributed by atoms with Crippen LogP contribution in [0.15, 0.2) is 30.6 Å². The van der Waals surface area contributed by atoms with Gasteiger partial charge in [0, 0.05) is 57.5 Å². The van der Waals surface area contributed by atoms with E-state index in [4.69, 9.17) is 4.74 Å². The van der Waals surface area contributed by atoms with Gasteiger partial charge < -0.3 is 15.0 Å². The Hall–Kier alpha value is -3.17. The lowest BCUT2D eigenvalue weighted by atomic mass is 10.1. The molecule has 136 valence electrons. The van der Waals surface area contributed by atoms with Gasteiger partial charge in [-0.25, -0.2) is 19.2 Å². The van der Waals surface area contributed by atoms with E-state index in [-0.39, 0.29) is 18.2 Å². The van der Waals surface area contributed by atoms with Gasteiger partial charge in [0.25, 0.3) is 0 Å². The van der Waals surface area contributed by atoms with Crippen LogP contribution in [0.25, 0.3) is 5.82 Å². The molecule has 10 heteroatoms. The van der Waals surface area contributed by atoms with Crippen LogP contribution in [-0.4, -0.2) is 74.1 Å². The van der Waals surface area contributed by atoms with E-state index >= 15 is 0 Å². The molecule has 0 atom stereocenters. The molecule has 4 amide bonds. The Kier molecular flexibility index (Phi) is 4.38. The number of amides is 4. The molecule has 10 nitrogen and oxygen atoms in total. The molecule has 4 rings (SSSR count). The first-order chi connectivity index (χ1) is 12.7. The second-order valence-electron chi connectivity index (χ2n) is 6.15. The molecule has 2 fully saturated rings. The Morgan fingerprint density at radius 3 is 2.65 bits per heavy atom. The number of hydrogen-bond donors (Lipinski definition) is 1. The topological polar surface area (TPSA) is 105 Å². The standard InChI is InChI=1S/C16H19N7O3/c24-15-17-7-11-22(15)16(25)21-9-4-12(5-10-21)26-14-3-2-13(19-20-14)23-8-1-6-18-23/h1-3,6,8,12H,4-5,7,9-11H2,(H,17,24). The maximum atomic E-state index is 12.3. The smallest absolute Gasteiger partial charge is 0.328 e. The Morgan fingerprint density at radius 1 is 1.19 bits per heavy atom. The van der Waals surface area contributed by atoms with Gasteiger partial charge in [0.05, 0.1) is 0 Å². The third-order valence-electron chi connectivity index (χ3n) is 4.45. The van der Waals surface area contributed by atoms with Gasteiger partial charge in [-0.1, -0.05) is 0 Å². The fraction of sp³-hybridized carbons (Fsp3) is 0.438. The van der Waals surface area contributed by atoms with E-state index < -0.39 is 0 Å². The minimum atomic E-state index is -0.319. The zero-order valence-electron chi connectivity index (χ0n) is 14.1. The molecule has 4 heterocycles. The van der Waals surface area contributed by atoms with Gasteiger partial charge >= 0.3 is 12.1 Å². The van der Waals surface area contributed by atoms with Crippen molar-refractivity contribution in [1.29, 1.82) is 0 Å². The van der Waals surface area contributed by atoms with Crippen molar-refractivity contribution in [3.63, 3.8) is 0 Å². The summed E-state index contributed by atoms with van der Waals surface area (Å²) in [6, 6.07) is 4.81. The molecule has 0 saturated carbocycles. The first kappa shape index (κ1) is 16.3. The average Bonchev–Trinajstić information content (AvgIpc) is 3.34. The van der Waals surface area contributed by atoms with E-state index in [1.807, 2.05) is 6.07 Å². The molecular formula is C16H19N7O3. The number of hydrogen-bond acceptors (Lipinski definition) is 6. The zero-order chi connectivity index (χ0) is 17.9. The van der Waals surface area contributed by atoms with Crippen LogP contribution in [0, 0.1) is 0 Å². The zero-order valence-corrected chi connectivity index (χ0v) is 14.1. The number of piperidine rings is 1. The van der Waals surface area contributed by atoms with Gasteiger partial charge in [-0.05, 0) is 12.1 Å². The van der Waals surface area contributed by atoms with Gasteiger partial charge in [0.2, 0.25) is 5.88 Å². The van der Waals surface area contributed by atoms with Crippen molar-refractivity contribution in [3.8, 4) is 11.7 Å². The molecule has 0 aromatic carbocycles. The summed E-state index contributed by atoms with van der Waals surface area (Å²) in [4.78, 5) is 26.9. The lowest BCUT2D eigenvalue weighted by Gasteiger charge is -2.33. The van der Waals surface area contributed by atoms with E-state index in [9.17, 15) is 9.59 Å². The summed E-state index contributed by atoms with van der Waals surface area (Å²) in [5.74, 6) is 1.07. The summed E-state index contributed by atoms with van der Waals surface area (Å²) in [6.45, 7) is 2.03. The second kappa shape index (κ2) is 6.98. The molecule has 0 spiro atoms. The fourth-order valence-corrected chi connectivity index (χ4v) is 3.06. The highest BCUT2D eigenvalue weighted by Gasteiger charge is 2.32. The Labute approximate surface area is 149 Å². The van der Waals surface area contributed by atoms with Crippen molar-refractivity contribution >= 4 is 12.1 Å². The molecule has 0 radical (unpaired) electrons. The second-order valence-corrected chi connectivity index (χ2v) is 6.15. The number of urea groups is 2. The quantitative estimate of drug-likeness (QED) is 0.865.